The Bertz CT molecular complexity index is 598. The molecule has 1 aromatic carbocycles. The second-order valence-corrected chi connectivity index (χ2v) is 4.92. The number of nitrogens with zero attached hydrogens (tertiary/aromatic N) is 2. The van der Waals surface area contributed by atoms with E-state index in [1.165, 1.54) is 0 Å². The van der Waals surface area contributed by atoms with Crippen LogP contribution in [-0.2, 0) is 0 Å². The van der Waals surface area contributed by atoms with E-state index in [9.17, 15) is 0 Å². The Morgan fingerprint density at radius 3 is 2.58 bits per heavy atom. The fourth-order valence-corrected chi connectivity index (χ4v) is 2.20. The van der Waals surface area contributed by atoms with Crippen LogP contribution in [0.1, 0.15) is 29.9 Å². The summed E-state index contributed by atoms with van der Waals surface area (Å²) in [6, 6.07) is 7.79. The van der Waals surface area contributed by atoms with Crippen LogP contribution in [-0.4, -0.2) is 9.97 Å². The Labute approximate surface area is 118 Å². The molecule has 0 amide bonds. The van der Waals surface area contributed by atoms with Crippen molar-refractivity contribution in [1.29, 1.82) is 0 Å². The van der Waals surface area contributed by atoms with Gasteiger partial charge >= 0.3 is 0 Å². The van der Waals surface area contributed by atoms with Gasteiger partial charge in [0.15, 0.2) is 0 Å². The lowest BCUT2D eigenvalue weighted by molar-refractivity contribution is 0.864. The molecule has 1 aromatic heterocycles. The SMILES string of the molecule is Cc1nc(N)c(C)c(NC(C)c2ccccc2Cl)n1. The molecule has 0 fully saturated rings. The van der Waals surface area contributed by atoms with E-state index in [0.717, 1.165) is 22.0 Å². The minimum Gasteiger partial charge on any atom is -0.383 e. The number of hydrogen-bond donors (Lipinski definition) is 2. The second-order valence-electron chi connectivity index (χ2n) is 4.52. The number of hydrogen-bond acceptors (Lipinski definition) is 4. The number of nitrogen functional groups attached to an aromatic ring is 1. The zero-order chi connectivity index (χ0) is 14.0. The van der Waals surface area contributed by atoms with Crippen LogP contribution in [0.15, 0.2) is 24.3 Å². The van der Waals surface area contributed by atoms with E-state index in [4.69, 9.17) is 17.3 Å². The van der Waals surface area contributed by atoms with Crippen molar-refractivity contribution in [3.05, 3.63) is 46.2 Å². The van der Waals surface area contributed by atoms with E-state index in [2.05, 4.69) is 15.3 Å². The number of benzene rings is 1. The van der Waals surface area contributed by atoms with Crippen LogP contribution >= 0.6 is 11.6 Å². The normalized spacial score (nSPS) is 12.2. The van der Waals surface area contributed by atoms with Gasteiger partial charge in [0.1, 0.15) is 17.5 Å². The van der Waals surface area contributed by atoms with Crippen LogP contribution in [0.5, 0.6) is 0 Å². The van der Waals surface area contributed by atoms with Gasteiger partial charge in [-0.1, -0.05) is 29.8 Å². The summed E-state index contributed by atoms with van der Waals surface area (Å²) >= 11 is 6.19. The first-order valence-electron chi connectivity index (χ1n) is 6.10. The second kappa shape index (κ2) is 5.45. The minimum atomic E-state index is 0.0427. The largest absolute Gasteiger partial charge is 0.383 e. The number of aromatic nitrogens is 2. The molecular formula is C14H17ClN4. The summed E-state index contributed by atoms with van der Waals surface area (Å²) in [5, 5.41) is 4.07. The van der Waals surface area contributed by atoms with E-state index >= 15 is 0 Å². The van der Waals surface area contributed by atoms with Crippen molar-refractivity contribution in [2.75, 3.05) is 11.1 Å². The molecule has 3 N–H and O–H groups in total. The van der Waals surface area contributed by atoms with Gasteiger partial charge in [-0.2, -0.15) is 0 Å². The average Bonchev–Trinajstić information content (AvgIpc) is 2.35. The highest BCUT2D eigenvalue weighted by Crippen LogP contribution is 2.27. The van der Waals surface area contributed by atoms with Crippen LogP contribution < -0.4 is 11.1 Å². The van der Waals surface area contributed by atoms with Crippen molar-refractivity contribution in [2.45, 2.75) is 26.8 Å². The zero-order valence-electron chi connectivity index (χ0n) is 11.2. The minimum absolute atomic E-state index is 0.0427. The lowest BCUT2D eigenvalue weighted by Gasteiger charge is -2.18. The molecule has 0 bridgehead atoms. The highest BCUT2D eigenvalue weighted by molar-refractivity contribution is 6.31. The van der Waals surface area contributed by atoms with Crippen molar-refractivity contribution < 1.29 is 0 Å². The van der Waals surface area contributed by atoms with E-state index in [1.54, 1.807) is 0 Å². The van der Waals surface area contributed by atoms with Crippen molar-refractivity contribution in [3.63, 3.8) is 0 Å². The summed E-state index contributed by atoms with van der Waals surface area (Å²) in [6.45, 7) is 5.76. The Morgan fingerprint density at radius 2 is 1.89 bits per heavy atom. The topological polar surface area (TPSA) is 63.8 Å². The molecule has 0 aliphatic heterocycles. The predicted molar refractivity (Wildman–Crippen MR) is 79.4 cm³/mol. The molecule has 100 valence electrons. The number of rotatable bonds is 3. The third-order valence-electron chi connectivity index (χ3n) is 3.02. The highest BCUT2D eigenvalue weighted by atomic mass is 35.5. The van der Waals surface area contributed by atoms with Crippen molar-refractivity contribution in [3.8, 4) is 0 Å². The molecule has 0 saturated carbocycles. The van der Waals surface area contributed by atoms with E-state index in [0.29, 0.717) is 11.6 Å². The van der Waals surface area contributed by atoms with Crippen LogP contribution in [0.4, 0.5) is 11.6 Å². The summed E-state index contributed by atoms with van der Waals surface area (Å²) in [5.74, 6) is 1.90. The van der Waals surface area contributed by atoms with E-state index in [1.807, 2.05) is 45.0 Å². The monoisotopic (exact) mass is 276 g/mol. The summed E-state index contributed by atoms with van der Waals surface area (Å²) in [4.78, 5) is 8.52. The Morgan fingerprint density at radius 1 is 1.21 bits per heavy atom. The smallest absolute Gasteiger partial charge is 0.135 e. The lowest BCUT2D eigenvalue weighted by atomic mass is 10.1. The molecule has 0 radical (unpaired) electrons. The molecule has 2 aromatic rings. The van der Waals surface area contributed by atoms with Gasteiger partial charge in [-0.3, -0.25) is 0 Å². The summed E-state index contributed by atoms with van der Waals surface area (Å²) < 4.78 is 0. The zero-order valence-corrected chi connectivity index (χ0v) is 12.0. The molecule has 0 saturated heterocycles. The third kappa shape index (κ3) is 2.96. The van der Waals surface area contributed by atoms with Crippen LogP contribution in [0.3, 0.4) is 0 Å². The number of aryl methyl sites for hydroxylation is 1. The van der Waals surface area contributed by atoms with Gasteiger partial charge < -0.3 is 11.1 Å². The number of anilines is 2. The molecule has 0 aliphatic rings. The molecule has 19 heavy (non-hydrogen) atoms. The van der Waals surface area contributed by atoms with Gasteiger partial charge in [-0.25, -0.2) is 9.97 Å². The highest BCUT2D eigenvalue weighted by Gasteiger charge is 2.13. The molecule has 0 aliphatic carbocycles. The molecular weight excluding hydrogens is 260 g/mol. The molecule has 5 heteroatoms. The molecule has 0 spiro atoms. The van der Waals surface area contributed by atoms with Crippen LogP contribution in [0.2, 0.25) is 5.02 Å². The Balaban J connectivity index is 2.29. The summed E-state index contributed by atoms with van der Waals surface area (Å²) in [6.07, 6.45) is 0. The quantitative estimate of drug-likeness (QED) is 0.900. The predicted octanol–water partition coefficient (Wildman–Crippen LogP) is 3.50. The first-order chi connectivity index (χ1) is 8.99. The van der Waals surface area contributed by atoms with Gasteiger partial charge in [0.05, 0.1) is 6.04 Å². The number of halogens is 1. The van der Waals surface area contributed by atoms with Crippen LogP contribution in [0, 0.1) is 13.8 Å². The van der Waals surface area contributed by atoms with Gasteiger partial charge in [-0.15, -0.1) is 0 Å². The third-order valence-corrected chi connectivity index (χ3v) is 3.36. The van der Waals surface area contributed by atoms with Gasteiger partial charge in [0.25, 0.3) is 0 Å². The maximum atomic E-state index is 6.19. The van der Waals surface area contributed by atoms with E-state index < -0.39 is 0 Å². The van der Waals surface area contributed by atoms with E-state index in [-0.39, 0.29) is 6.04 Å². The summed E-state index contributed by atoms with van der Waals surface area (Å²) in [7, 11) is 0. The summed E-state index contributed by atoms with van der Waals surface area (Å²) in [5.41, 5.74) is 7.73. The van der Waals surface area contributed by atoms with Crippen molar-refractivity contribution >= 4 is 23.2 Å². The molecule has 1 unspecified atom stereocenters. The molecule has 1 atom stereocenters. The number of nitrogens with one attached hydrogen (secondary N) is 1. The number of nitrogens with two attached hydrogens (primary N) is 1. The maximum Gasteiger partial charge on any atom is 0.135 e. The van der Waals surface area contributed by atoms with Gasteiger partial charge in [0.2, 0.25) is 0 Å². The fraction of sp³-hybridized carbons (Fsp3) is 0.286. The van der Waals surface area contributed by atoms with Gasteiger partial charge in [-0.05, 0) is 32.4 Å². The molecule has 2 rings (SSSR count). The molecule has 1 heterocycles. The average molecular weight is 277 g/mol. The molecule has 4 nitrogen and oxygen atoms in total. The van der Waals surface area contributed by atoms with Gasteiger partial charge in [0, 0.05) is 10.6 Å². The Hall–Kier alpha value is -1.81. The van der Waals surface area contributed by atoms with Crippen LogP contribution in [0.25, 0.3) is 0 Å². The van der Waals surface area contributed by atoms with Crippen molar-refractivity contribution in [1.82, 2.24) is 9.97 Å². The standard InChI is InChI=1S/C14H17ClN4/c1-8-13(16)18-10(3)19-14(8)17-9(2)11-6-4-5-7-12(11)15/h4-7,9H,1-3H3,(H3,16,17,18,19). The maximum absolute atomic E-state index is 6.19. The first kappa shape index (κ1) is 13.6. The Kier molecular flexibility index (Phi) is 3.90. The fourth-order valence-electron chi connectivity index (χ4n) is 1.90. The van der Waals surface area contributed by atoms with Crippen molar-refractivity contribution in [2.24, 2.45) is 0 Å². The first-order valence-corrected chi connectivity index (χ1v) is 6.48. The lowest BCUT2D eigenvalue weighted by Crippen LogP contribution is -2.12.